The van der Waals surface area contributed by atoms with Gasteiger partial charge in [0.25, 0.3) is 5.91 Å². The van der Waals surface area contributed by atoms with Crippen LogP contribution in [0.3, 0.4) is 0 Å². The molecule has 1 saturated heterocycles. The number of rotatable bonds is 2. The lowest BCUT2D eigenvalue weighted by atomic mass is 10.0. The number of amides is 1. The smallest absolute Gasteiger partial charge is 0.256 e. The van der Waals surface area contributed by atoms with E-state index in [-0.39, 0.29) is 17.5 Å². The molecule has 0 unspecified atom stereocenters. The molecule has 1 aliphatic rings. The molecule has 0 bridgehead atoms. The summed E-state index contributed by atoms with van der Waals surface area (Å²) in [5.41, 5.74) is 1.15. The van der Waals surface area contributed by atoms with Crippen LogP contribution in [0.1, 0.15) is 23.2 Å². The van der Waals surface area contributed by atoms with Crippen LogP contribution in [0.15, 0.2) is 24.5 Å². The number of hydrogen-bond acceptors (Lipinski definition) is 4. The van der Waals surface area contributed by atoms with Crippen LogP contribution in [-0.4, -0.2) is 47.0 Å². The molecule has 2 aromatic rings. The van der Waals surface area contributed by atoms with Gasteiger partial charge in [-0.15, -0.1) is 0 Å². The number of halogens is 1. The predicted octanol–water partition coefficient (Wildman–Crippen LogP) is 1.59. The largest absolute Gasteiger partial charge is 0.337 e. The van der Waals surface area contributed by atoms with Gasteiger partial charge in [0.05, 0.1) is 11.1 Å². The maximum Gasteiger partial charge on any atom is 0.256 e. The summed E-state index contributed by atoms with van der Waals surface area (Å²) in [5.74, 6) is -0.645. The van der Waals surface area contributed by atoms with Gasteiger partial charge in [-0.3, -0.25) is 14.8 Å². The highest BCUT2D eigenvalue weighted by molar-refractivity contribution is 6.04. The molecule has 0 spiro atoms. The van der Waals surface area contributed by atoms with Gasteiger partial charge in [-0.05, 0) is 26.0 Å². The Bertz CT molecular complexity index is 676. The van der Waals surface area contributed by atoms with Crippen LogP contribution in [0.25, 0.3) is 11.0 Å². The normalized spacial score (nSPS) is 19.0. The molecule has 21 heavy (non-hydrogen) atoms. The van der Waals surface area contributed by atoms with Crippen LogP contribution in [0, 0.1) is 5.82 Å². The van der Waals surface area contributed by atoms with E-state index in [1.807, 2.05) is 7.05 Å². The van der Waals surface area contributed by atoms with Crippen molar-refractivity contribution in [3.05, 3.63) is 35.9 Å². The van der Waals surface area contributed by atoms with Gasteiger partial charge in [-0.1, -0.05) is 0 Å². The maximum atomic E-state index is 13.7. The zero-order valence-electron chi connectivity index (χ0n) is 11.8. The van der Waals surface area contributed by atoms with Crippen molar-refractivity contribution < 1.29 is 9.18 Å². The van der Waals surface area contributed by atoms with E-state index in [2.05, 4.69) is 15.3 Å². The highest BCUT2D eigenvalue weighted by atomic mass is 19.1. The van der Waals surface area contributed by atoms with Gasteiger partial charge >= 0.3 is 0 Å². The van der Waals surface area contributed by atoms with E-state index >= 15 is 0 Å². The second kappa shape index (κ2) is 5.73. The SMILES string of the molecule is CN[C@H]1CCCN(C(=O)c2cc(F)cc3nccnc23)C1. The fourth-order valence-electron chi connectivity index (χ4n) is 2.77. The predicted molar refractivity (Wildman–Crippen MR) is 77.5 cm³/mol. The van der Waals surface area contributed by atoms with Gasteiger partial charge in [-0.25, -0.2) is 4.39 Å². The summed E-state index contributed by atoms with van der Waals surface area (Å²) < 4.78 is 13.7. The quantitative estimate of drug-likeness (QED) is 0.912. The highest BCUT2D eigenvalue weighted by Gasteiger charge is 2.25. The molecule has 1 N–H and O–H groups in total. The number of fused-ring (bicyclic) bond motifs is 1. The fraction of sp³-hybridized carbons (Fsp3) is 0.400. The lowest BCUT2D eigenvalue weighted by Crippen LogP contribution is -2.47. The molecule has 110 valence electrons. The van der Waals surface area contributed by atoms with E-state index < -0.39 is 5.82 Å². The molecule has 0 saturated carbocycles. The summed E-state index contributed by atoms with van der Waals surface area (Å²) in [6, 6.07) is 2.84. The second-order valence-electron chi connectivity index (χ2n) is 5.26. The highest BCUT2D eigenvalue weighted by Crippen LogP contribution is 2.20. The van der Waals surface area contributed by atoms with Crippen LogP contribution in [-0.2, 0) is 0 Å². The van der Waals surface area contributed by atoms with Gasteiger partial charge in [-0.2, -0.15) is 0 Å². The van der Waals surface area contributed by atoms with Crippen LogP contribution in [0.5, 0.6) is 0 Å². The van der Waals surface area contributed by atoms with Crippen LogP contribution in [0.2, 0.25) is 0 Å². The number of nitrogens with one attached hydrogen (secondary N) is 1. The van der Waals surface area contributed by atoms with E-state index in [0.717, 1.165) is 12.8 Å². The Morgan fingerprint density at radius 1 is 1.38 bits per heavy atom. The van der Waals surface area contributed by atoms with E-state index in [0.29, 0.717) is 24.1 Å². The molecule has 3 rings (SSSR count). The average molecular weight is 288 g/mol. The van der Waals surface area contributed by atoms with Crippen LogP contribution in [0.4, 0.5) is 4.39 Å². The second-order valence-corrected chi connectivity index (χ2v) is 5.26. The van der Waals surface area contributed by atoms with Crippen molar-refractivity contribution in [3.63, 3.8) is 0 Å². The topological polar surface area (TPSA) is 58.1 Å². The lowest BCUT2D eigenvalue weighted by molar-refractivity contribution is 0.0699. The number of benzene rings is 1. The van der Waals surface area contributed by atoms with E-state index in [9.17, 15) is 9.18 Å². The summed E-state index contributed by atoms with van der Waals surface area (Å²) in [6.45, 7) is 1.32. The van der Waals surface area contributed by atoms with Gasteiger partial charge in [0.15, 0.2) is 0 Å². The third kappa shape index (κ3) is 2.71. The first-order valence-corrected chi connectivity index (χ1v) is 7.06. The Labute approximate surface area is 122 Å². The lowest BCUT2D eigenvalue weighted by Gasteiger charge is -2.32. The standard InChI is InChI=1S/C15H17FN4O/c1-17-11-3-2-6-20(9-11)15(21)12-7-10(16)8-13-14(12)19-5-4-18-13/h4-5,7-8,11,17H,2-3,6,9H2,1H3/t11-/m0/s1. The van der Waals surface area contributed by atoms with E-state index in [1.54, 1.807) is 4.90 Å². The first-order valence-electron chi connectivity index (χ1n) is 7.06. The van der Waals surface area contributed by atoms with Gasteiger partial charge in [0.2, 0.25) is 0 Å². The first-order chi connectivity index (χ1) is 10.2. The number of likely N-dealkylation sites (tertiary alicyclic amines) is 1. The average Bonchev–Trinajstić information content (AvgIpc) is 2.53. The number of piperidine rings is 1. The molecule has 1 amide bonds. The first kappa shape index (κ1) is 13.9. The van der Waals surface area contributed by atoms with Crippen molar-refractivity contribution in [2.24, 2.45) is 0 Å². The minimum Gasteiger partial charge on any atom is -0.337 e. The van der Waals surface area contributed by atoms with Crippen molar-refractivity contribution in [1.29, 1.82) is 0 Å². The maximum absolute atomic E-state index is 13.7. The zero-order chi connectivity index (χ0) is 14.8. The summed E-state index contributed by atoms with van der Waals surface area (Å²) >= 11 is 0. The van der Waals surface area contributed by atoms with Gasteiger partial charge in [0.1, 0.15) is 11.3 Å². The molecular weight excluding hydrogens is 271 g/mol. The van der Waals surface area contributed by atoms with E-state index in [1.165, 1.54) is 24.5 Å². The van der Waals surface area contributed by atoms with E-state index in [4.69, 9.17) is 0 Å². The molecule has 0 aliphatic carbocycles. The molecule has 0 radical (unpaired) electrons. The molecule has 5 nitrogen and oxygen atoms in total. The van der Waals surface area contributed by atoms with Gasteiger partial charge < -0.3 is 10.2 Å². The Kier molecular flexibility index (Phi) is 3.79. The number of nitrogens with zero attached hydrogens (tertiary/aromatic N) is 3. The van der Waals surface area contributed by atoms with Crippen molar-refractivity contribution in [3.8, 4) is 0 Å². The third-order valence-corrected chi connectivity index (χ3v) is 3.89. The molecule has 1 aromatic carbocycles. The molecular formula is C15H17FN4O. The molecule has 2 heterocycles. The fourth-order valence-corrected chi connectivity index (χ4v) is 2.77. The molecule has 6 heteroatoms. The number of likely N-dealkylation sites (N-methyl/N-ethyl adjacent to an activating group) is 1. The van der Waals surface area contributed by atoms with Crippen molar-refractivity contribution >= 4 is 16.9 Å². The minimum atomic E-state index is -0.464. The van der Waals surface area contributed by atoms with Crippen molar-refractivity contribution in [2.75, 3.05) is 20.1 Å². The summed E-state index contributed by atoms with van der Waals surface area (Å²) in [5, 5.41) is 3.19. The number of carbonyl (C=O) groups excluding carboxylic acids is 1. The Morgan fingerprint density at radius 3 is 3.00 bits per heavy atom. The Balaban J connectivity index is 1.97. The number of hydrogen-bond donors (Lipinski definition) is 1. The molecule has 1 fully saturated rings. The zero-order valence-corrected chi connectivity index (χ0v) is 11.8. The van der Waals surface area contributed by atoms with Crippen LogP contribution < -0.4 is 5.32 Å². The molecule has 1 aliphatic heterocycles. The van der Waals surface area contributed by atoms with Crippen LogP contribution >= 0.6 is 0 Å². The summed E-state index contributed by atoms with van der Waals surface area (Å²) in [7, 11) is 1.89. The number of carbonyl (C=O) groups is 1. The molecule has 1 aromatic heterocycles. The summed E-state index contributed by atoms with van der Waals surface area (Å²) in [4.78, 5) is 22.7. The monoisotopic (exact) mass is 288 g/mol. The van der Waals surface area contributed by atoms with Crippen molar-refractivity contribution in [1.82, 2.24) is 20.2 Å². The van der Waals surface area contributed by atoms with Gasteiger partial charge in [0, 0.05) is 37.6 Å². The molecule has 1 atom stereocenters. The Hall–Kier alpha value is -2.08. The Morgan fingerprint density at radius 2 is 2.19 bits per heavy atom. The number of aromatic nitrogens is 2. The van der Waals surface area contributed by atoms with Crippen molar-refractivity contribution in [2.45, 2.75) is 18.9 Å². The minimum absolute atomic E-state index is 0.181. The third-order valence-electron chi connectivity index (χ3n) is 3.89. The summed E-state index contributed by atoms with van der Waals surface area (Å²) in [6.07, 6.45) is 5.00.